The molecule has 0 bridgehead atoms. The van der Waals surface area contributed by atoms with Crippen LogP contribution in [-0.4, -0.2) is 35.8 Å². The number of carbonyl (C=O) groups excluding carboxylic acids is 2. The Morgan fingerprint density at radius 2 is 2.23 bits per heavy atom. The molecule has 74 valence electrons. The van der Waals surface area contributed by atoms with Gasteiger partial charge in [-0.2, -0.15) is 0 Å². The zero-order valence-corrected chi connectivity index (χ0v) is 7.32. The number of primary amides is 1. The van der Waals surface area contributed by atoms with Crippen molar-refractivity contribution < 1.29 is 9.59 Å². The Labute approximate surface area is 76.2 Å². The Bertz CT molecular complexity index is 219. The maximum absolute atomic E-state index is 10.9. The molecular formula is C7H14N4O2. The lowest BCUT2D eigenvalue weighted by Gasteiger charge is -2.20. The highest BCUT2D eigenvalue weighted by molar-refractivity contribution is 5.82. The highest BCUT2D eigenvalue weighted by atomic mass is 16.2. The number of nitrogens with one attached hydrogen (secondary N) is 1. The van der Waals surface area contributed by atoms with Crippen molar-refractivity contribution in [1.82, 2.24) is 10.3 Å². The fourth-order valence-electron chi connectivity index (χ4n) is 1.57. The van der Waals surface area contributed by atoms with Crippen molar-refractivity contribution in [2.45, 2.75) is 18.9 Å². The van der Waals surface area contributed by atoms with E-state index in [4.69, 9.17) is 11.6 Å². The van der Waals surface area contributed by atoms with Crippen LogP contribution in [0, 0.1) is 0 Å². The quantitative estimate of drug-likeness (QED) is 0.267. The first kappa shape index (κ1) is 9.94. The summed E-state index contributed by atoms with van der Waals surface area (Å²) >= 11 is 0. The Morgan fingerprint density at radius 1 is 1.54 bits per heavy atom. The molecule has 1 unspecified atom stereocenters. The standard InChI is InChI=1S/C7H14N4O2/c8-7(13)5-2-1-3-11(5)4-6(12)10-9/h5H,1-4,9H2,(H2,8,13)(H,10,12). The van der Waals surface area contributed by atoms with Gasteiger partial charge in [-0.25, -0.2) is 5.84 Å². The van der Waals surface area contributed by atoms with Crippen molar-refractivity contribution in [3.63, 3.8) is 0 Å². The van der Waals surface area contributed by atoms with Gasteiger partial charge in [0.15, 0.2) is 0 Å². The van der Waals surface area contributed by atoms with Crippen molar-refractivity contribution >= 4 is 11.8 Å². The van der Waals surface area contributed by atoms with Gasteiger partial charge < -0.3 is 5.73 Å². The van der Waals surface area contributed by atoms with Crippen LogP contribution in [0.1, 0.15) is 12.8 Å². The lowest BCUT2D eigenvalue weighted by atomic mass is 10.2. The number of rotatable bonds is 3. The van der Waals surface area contributed by atoms with Crippen LogP contribution in [0.4, 0.5) is 0 Å². The van der Waals surface area contributed by atoms with Crippen molar-refractivity contribution in [2.24, 2.45) is 11.6 Å². The van der Waals surface area contributed by atoms with E-state index in [2.05, 4.69) is 0 Å². The number of hydrazine groups is 1. The highest BCUT2D eigenvalue weighted by Crippen LogP contribution is 2.15. The number of hydrogen-bond acceptors (Lipinski definition) is 4. The second kappa shape index (κ2) is 4.20. The fraction of sp³-hybridized carbons (Fsp3) is 0.714. The molecule has 1 rings (SSSR count). The molecule has 5 N–H and O–H groups in total. The van der Waals surface area contributed by atoms with Crippen LogP contribution in [0.5, 0.6) is 0 Å². The largest absolute Gasteiger partial charge is 0.368 e. The number of nitrogens with two attached hydrogens (primary N) is 2. The van der Waals surface area contributed by atoms with Gasteiger partial charge in [0, 0.05) is 0 Å². The molecule has 1 aliphatic rings. The number of likely N-dealkylation sites (tertiary alicyclic amines) is 1. The van der Waals surface area contributed by atoms with E-state index in [1.807, 2.05) is 5.43 Å². The summed E-state index contributed by atoms with van der Waals surface area (Å²) in [6, 6.07) is -0.308. The Kier molecular flexibility index (Phi) is 3.21. The first-order valence-corrected chi connectivity index (χ1v) is 4.18. The third-order valence-electron chi connectivity index (χ3n) is 2.20. The van der Waals surface area contributed by atoms with Gasteiger partial charge in [0.1, 0.15) is 0 Å². The SMILES string of the molecule is NNC(=O)CN1CCCC1C(N)=O. The lowest BCUT2D eigenvalue weighted by Crippen LogP contribution is -2.46. The molecule has 1 atom stereocenters. The van der Waals surface area contributed by atoms with Crippen molar-refractivity contribution in [2.75, 3.05) is 13.1 Å². The summed E-state index contributed by atoms with van der Waals surface area (Å²) in [6.07, 6.45) is 1.62. The number of carbonyl (C=O) groups is 2. The molecule has 1 saturated heterocycles. The summed E-state index contributed by atoms with van der Waals surface area (Å²) in [6.45, 7) is 0.866. The molecular weight excluding hydrogens is 172 g/mol. The topological polar surface area (TPSA) is 101 Å². The molecule has 1 fully saturated rings. The van der Waals surface area contributed by atoms with E-state index in [1.165, 1.54) is 0 Å². The minimum absolute atomic E-state index is 0.143. The maximum Gasteiger partial charge on any atom is 0.248 e. The van der Waals surface area contributed by atoms with Crippen LogP contribution in [0.3, 0.4) is 0 Å². The van der Waals surface area contributed by atoms with Crippen LogP contribution in [-0.2, 0) is 9.59 Å². The molecule has 13 heavy (non-hydrogen) atoms. The lowest BCUT2D eigenvalue weighted by molar-refractivity contribution is -0.125. The number of hydrogen-bond donors (Lipinski definition) is 3. The van der Waals surface area contributed by atoms with Crippen molar-refractivity contribution in [3.8, 4) is 0 Å². The van der Waals surface area contributed by atoms with Gasteiger partial charge in [-0.15, -0.1) is 0 Å². The highest BCUT2D eigenvalue weighted by Gasteiger charge is 2.29. The van der Waals surface area contributed by atoms with Gasteiger partial charge in [-0.1, -0.05) is 0 Å². The van der Waals surface area contributed by atoms with Crippen LogP contribution >= 0.6 is 0 Å². The molecule has 6 nitrogen and oxygen atoms in total. The molecule has 0 aliphatic carbocycles. The number of amides is 2. The average molecular weight is 186 g/mol. The van der Waals surface area contributed by atoms with E-state index < -0.39 is 0 Å². The first-order valence-electron chi connectivity index (χ1n) is 4.18. The molecule has 6 heteroatoms. The molecule has 1 heterocycles. The Morgan fingerprint density at radius 3 is 2.77 bits per heavy atom. The molecule has 0 aromatic rings. The molecule has 0 aromatic carbocycles. The van der Waals surface area contributed by atoms with E-state index >= 15 is 0 Å². The summed E-state index contributed by atoms with van der Waals surface area (Å²) in [5.74, 6) is 4.26. The minimum atomic E-state index is -0.373. The second-order valence-corrected chi connectivity index (χ2v) is 3.10. The average Bonchev–Trinajstić information content (AvgIpc) is 2.52. The summed E-state index contributed by atoms with van der Waals surface area (Å²) in [5, 5.41) is 0. The van der Waals surface area contributed by atoms with Gasteiger partial charge in [0.05, 0.1) is 12.6 Å². The van der Waals surface area contributed by atoms with E-state index in [0.717, 1.165) is 19.4 Å². The Hall–Kier alpha value is -1.14. The smallest absolute Gasteiger partial charge is 0.248 e. The van der Waals surface area contributed by atoms with Gasteiger partial charge in [-0.3, -0.25) is 19.9 Å². The van der Waals surface area contributed by atoms with Gasteiger partial charge in [-0.05, 0) is 19.4 Å². The summed E-state index contributed by atoms with van der Waals surface area (Å²) in [5.41, 5.74) is 7.18. The van der Waals surface area contributed by atoms with E-state index in [-0.39, 0.29) is 24.4 Å². The third kappa shape index (κ3) is 2.40. The van der Waals surface area contributed by atoms with Crippen LogP contribution < -0.4 is 17.0 Å². The summed E-state index contributed by atoms with van der Waals surface area (Å²) in [7, 11) is 0. The Balaban J connectivity index is 2.48. The minimum Gasteiger partial charge on any atom is -0.368 e. The monoisotopic (exact) mass is 186 g/mol. The fourth-order valence-corrected chi connectivity index (χ4v) is 1.57. The van der Waals surface area contributed by atoms with E-state index in [1.54, 1.807) is 4.90 Å². The first-order chi connectivity index (χ1) is 6.15. The van der Waals surface area contributed by atoms with Crippen molar-refractivity contribution in [1.29, 1.82) is 0 Å². The molecule has 0 radical (unpaired) electrons. The summed E-state index contributed by atoms with van der Waals surface area (Å²) < 4.78 is 0. The predicted octanol–water partition coefficient (Wildman–Crippen LogP) is -2.07. The predicted molar refractivity (Wildman–Crippen MR) is 46.1 cm³/mol. The summed E-state index contributed by atoms with van der Waals surface area (Å²) in [4.78, 5) is 23.5. The molecule has 2 amide bonds. The van der Waals surface area contributed by atoms with Crippen molar-refractivity contribution in [3.05, 3.63) is 0 Å². The van der Waals surface area contributed by atoms with Crippen LogP contribution in [0.15, 0.2) is 0 Å². The second-order valence-electron chi connectivity index (χ2n) is 3.10. The molecule has 0 spiro atoms. The van der Waals surface area contributed by atoms with Crippen LogP contribution in [0.2, 0.25) is 0 Å². The van der Waals surface area contributed by atoms with E-state index in [9.17, 15) is 9.59 Å². The molecule has 0 aromatic heterocycles. The zero-order chi connectivity index (χ0) is 9.84. The number of nitrogens with zero attached hydrogens (tertiary/aromatic N) is 1. The normalized spacial score (nSPS) is 23.0. The van der Waals surface area contributed by atoms with Gasteiger partial charge in [0.25, 0.3) is 0 Å². The van der Waals surface area contributed by atoms with Gasteiger partial charge in [0.2, 0.25) is 11.8 Å². The van der Waals surface area contributed by atoms with Crippen LogP contribution in [0.25, 0.3) is 0 Å². The maximum atomic E-state index is 10.9. The third-order valence-corrected chi connectivity index (χ3v) is 2.20. The van der Waals surface area contributed by atoms with Gasteiger partial charge >= 0.3 is 0 Å². The van der Waals surface area contributed by atoms with E-state index in [0.29, 0.717) is 0 Å². The zero-order valence-electron chi connectivity index (χ0n) is 7.32. The molecule has 1 aliphatic heterocycles. The molecule has 0 saturated carbocycles.